The number of hydrogen-bond acceptors (Lipinski definition) is 6. The third-order valence-electron chi connectivity index (χ3n) is 8.23. The highest BCUT2D eigenvalue weighted by Gasteiger charge is 2.18. The highest BCUT2D eigenvalue weighted by Crippen LogP contribution is 2.38. The van der Waals surface area contributed by atoms with Gasteiger partial charge in [-0.1, -0.05) is 155 Å². The first-order valence-corrected chi connectivity index (χ1v) is 20.3. The van der Waals surface area contributed by atoms with Crippen LogP contribution in [0.25, 0.3) is 0 Å². The van der Waals surface area contributed by atoms with Crippen molar-refractivity contribution in [1.82, 2.24) is 0 Å². The lowest BCUT2D eigenvalue weighted by Gasteiger charge is -2.28. The maximum Gasteiger partial charge on any atom is 0.268 e. The van der Waals surface area contributed by atoms with Crippen molar-refractivity contribution < 1.29 is 32.5 Å². The number of quaternary nitrogens is 1. The molecular weight excluding hydrogens is 573 g/mol. The van der Waals surface area contributed by atoms with E-state index in [0.29, 0.717) is 30.8 Å². The van der Waals surface area contributed by atoms with Gasteiger partial charge in [0.2, 0.25) is 0 Å². The maximum atomic E-state index is 12.3. The van der Waals surface area contributed by atoms with E-state index in [0.717, 1.165) is 19.3 Å². The summed E-state index contributed by atoms with van der Waals surface area (Å²) in [6.45, 7) is 6.76. The molecule has 0 rings (SSSR count). The first-order chi connectivity index (χ1) is 21.2. The van der Waals surface area contributed by atoms with E-state index >= 15 is 0 Å². The van der Waals surface area contributed by atoms with Crippen LogP contribution in [-0.4, -0.2) is 71.3 Å². The third kappa shape index (κ3) is 34.9. The molecule has 8 heteroatoms. The highest BCUT2D eigenvalue weighted by molar-refractivity contribution is 7.45. The summed E-state index contributed by atoms with van der Waals surface area (Å²) < 4.78 is 35.1. The molecule has 44 heavy (non-hydrogen) atoms. The van der Waals surface area contributed by atoms with Crippen molar-refractivity contribution in [2.45, 2.75) is 174 Å². The molecule has 0 aliphatic rings. The Kier molecular flexibility index (Phi) is 31.6. The highest BCUT2D eigenvalue weighted by atomic mass is 31.2. The molecule has 0 aliphatic heterocycles. The van der Waals surface area contributed by atoms with E-state index in [-0.39, 0.29) is 13.2 Å². The Morgan fingerprint density at radius 1 is 0.523 bits per heavy atom. The second-order valence-electron chi connectivity index (χ2n) is 13.9. The topological polar surface area (TPSA) is 77.1 Å². The number of hydrogen-bond donors (Lipinski definition) is 0. The molecule has 0 heterocycles. The van der Waals surface area contributed by atoms with E-state index in [2.05, 4.69) is 13.8 Å². The number of likely N-dealkylation sites (N-methyl/N-ethyl adjacent to an activating group) is 1. The first-order valence-electron chi connectivity index (χ1n) is 18.8. The molecule has 0 bridgehead atoms. The summed E-state index contributed by atoms with van der Waals surface area (Å²) in [7, 11) is 1.61. The van der Waals surface area contributed by atoms with Gasteiger partial charge in [-0.05, 0) is 12.8 Å². The van der Waals surface area contributed by atoms with Crippen LogP contribution in [0.5, 0.6) is 0 Å². The fourth-order valence-corrected chi connectivity index (χ4v) is 5.96. The molecule has 266 valence electrons. The Labute approximate surface area is 274 Å². The Morgan fingerprint density at radius 2 is 0.909 bits per heavy atom. The van der Waals surface area contributed by atoms with Gasteiger partial charge in [-0.25, -0.2) is 0 Å². The second-order valence-corrected chi connectivity index (χ2v) is 15.3. The lowest BCUT2D eigenvalue weighted by molar-refractivity contribution is -0.870. The Bertz CT molecular complexity index is 630. The van der Waals surface area contributed by atoms with Gasteiger partial charge in [-0.2, -0.15) is 0 Å². The molecule has 7 nitrogen and oxygen atoms in total. The number of rotatable bonds is 36. The molecule has 0 radical (unpaired) electrons. The van der Waals surface area contributed by atoms with Crippen LogP contribution in [0.15, 0.2) is 0 Å². The quantitative estimate of drug-likeness (QED) is 0.0382. The Morgan fingerprint density at radius 3 is 1.32 bits per heavy atom. The minimum absolute atomic E-state index is 0.0676. The van der Waals surface area contributed by atoms with Crippen molar-refractivity contribution in [2.24, 2.45) is 0 Å². The van der Waals surface area contributed by atoms with Crippen molar-refractivity contribution in [3.05, 3.63) is 0 Å². The van der Waals surface area contributed by atoms with E-state index in [1.165, 1.54) is 135 Å². The van der Waals surface area contributed by atoms with Gasteiger partial charge in [0.15, 0.2) is 0 Å². The predicted molar refractivity (Wildman–Crippen MR) is 185 cm³/mol. The maximum absolute atomic E-state index is 12.3. The third-order valence-corrected chi connectivity index (χ3v) is 9.19. The normalized spacial score (nSPS) is 14.2. The van der Waals surface area contributed by atoms with Crippen molar-refractivity contribution >= 4 is 7.82 Å². The molecule has 0 fully saturated rings. The van der Waals surface area contributed by atoms with Crippen LogP contribution in [-0.2, 0) is 23.1 Å². The molecule has 0 aromatic rings. The predicted octanol–water partition coefficient (Wildman–Crippen LogP) is 10.00. The van der Waals surface area contributed by atoms with Gasteiger partial charge >= 0.3 is 0 Å². The minimum Gasteiger partial charge on any atom is -0.756 e. The second kappa shape index (κ2) is 31.6. The van der Waals surface area contributed by atoms with Crippen LogP contribution in [0.3, 0.4) is 0 Å². The minimum atomic E-state index is -4.37. The zero-order valence-electron chi connectivity index (χ0n) is 30.1. The van der Waals surface area contributed by atoms with Gasteiger partial charge < -0.3 is 27.9 Å². The average Bonchev–Trinajstić information content (AvgIpc) is 2.97. The summed E-state index contributed by atoms with van der Waals surface area (Å²) in [5, 5.41) is 0. The zero-order valence-corrected chi connectivity index (χ0v) is 31.0. The zero-order chi connectivity index (χ0) is 32.6. The van der Waals surface area contributed by atoms with Crippen LogP contribution in [0.4, 0.5) is 0 Å². The van der Waals surface area contributed by atoms with Gasteiger partial charge in [-0.3, -0.25) is 4.57 Å². The van der Waals surface area contributed by atoms with Gasteiger partial charge in [0.25, 0.3) is 7.82 Å². The average molecular weight is 650 g/mol. The first kappa shape index (κ1) is 44.0. The molecule has 0 aromatic carbocycles. The summed E-state index contributed by atoms with van der Waals surface area (Å²) in [5.41, 5.74) is 0. The van der Waals surface area contributed by atoms with Crippen molar-refractivity contribution in [1.29, 1.82) is 0 Å². The van der Waals surface area contributed by atoms with Crippen molar-refractivity contribution in [3.63, 3.8) is 0 Å². The van der Waals surface area contributed by atoms with E-state index in [9.17, 15) is 9.46 Å². The molecule has 0 N–H and O–H groups in total. The fourth-order valence-electron chi connectivity index (χ4n) is 5.24. The smallest absolute Gasteiger partial charge is 0.268 e. The van der Waals surface area contributed by atoms with Crippen molar-refractivity contribution in [3.8, 4) is 0 Å². The number of ether oxygens (including phenoxy) is 2. The van der Waals surface area contributed by atoms with Gasteiger partial charge in [0.1, 0.15) is 19.3 Å². The number of phosphoric ester groups is 1. The molecule has 0 amide bonds. The van der Waals surface area contributed by atoms with E-state index in [4.69, 9.17) is 18.5 Å². The molecule has 0 saturated heterocycles. The van der Waals surface area contributed by atoms with Gasteiger partial charge in [0.05, 0.1) is 34.4 Å². The summed E-state index contributed by atoms with van der Waals surface area (Å²) in [6, 6.07) is 0. The van der Waals surface area contributed by atoms with Crippen LogP contribution in [0, 0.1) is 0 Å². The lowest BCUT2D eigenvalue weighted by atomic mass is 10.1. The van der Waals surface area contributed by atoms with Gasteiger partial charge in [-0.15, -0.1) is 0 Å². The summed E-state index contributed by atoms with van der Waals surface area (Å²) >= 11 is 0. The molecule has 2 unspecified atom stereocenters. The molecule has 0 spiro atoms. The summed E-state index contributed by atoms with van der Waals surface area (Å²) in [5.74, 6) is 0. The molecule has 0 saturated carbocycles. The SMILES string of the molecule is CCCCCCCCCCCCCCOCC(COP(=O)([O-])OCC[N+](C)(C)C)OCCCCCCCCCCCCCC. The largest absolute Gasteiger partial charge is 0.756 e. The molecule has 0 aliphatic carbocycles. The monoisotopic (exact) mass is 650 g/mol. The van der Waals surface area contributed by atoms with Crippen LogP contribution < -0.4 is 4.89 Å². The summed E-state index contributed by atoms with van der Waals surface area (Å²) in [4.78, 5) is 12.3. The summed E-state index contributed by atoms with van der Waals surface area (Å²) in [6.07, 6.45) is 30.9. The number of unbranched alkanes of at least 4 members (excludes halogenated alkanes) is 22. The Hall–Kier alpha value is -0.0100. The Balaban J connectivity index is 4.13. The lowest BCUT2D eigenvalue weighted by Crippen LogP contribution is -2.37. The van der Waals surface area contributed by atoms with E-state index in [1.807, 2.05) is 21.1 Å². The molecule has 0 aromatic heterocycles. The van der Waals surface area contributed by atoms with Crippen LogP contribution in [0.1, 0.15) is 168 Å². The van der Waals surface area contributed by atoms with Crippen LogP contribution >= 0.6 is 7.82 Å². The van der Waals surface area contributed by atoms with Gasteiger partial charge in [0, 0.05) is 13.2 Å². The molecular formula is C36H76NO6P. The van der Waals surface area contributed by atoms with E-state index < -0.39 is 13.9 Å². The number of nitrogens with zero attached hydrogens (tertiary/aromatic N) is 1. The number of phosphoric acid groups is 1. The van der Waals surface area contributed by atoms with E-state index in [1.54, 1.807) is 0 Å². The molecule has 2 atom stereocenters. The fraction of sp³-hybridized carbons (Fsp3) is 1.00. The van der Waals surface area contributed by atoms with Crippen molar-refractivity contribution in [2.75, 3.05) is 60.7 Å². The van der Waals surface area contributed by atoms with Crippen LogP contribution in [0.2, 0.25) is 0 Å². The standard InChI is InChI=1S/C36H76NO6P/c1-6-8-10-12-14-16-18-20-22-24-26-28-31-40-34-36(35-43-44(38,39)42-33-30-37(3,4)5)41-32-29-27-25-23-21-19-17-15-13-11-9-7-2/h36H,6-35H2,1-5H3.